The molecule has 0 saturated carbocycles. The Morgan fingerprint density at radius 2 is 2.08 bits per heavy atom. The van der Waals surface area contributed by atoms with Crippen molar-refractivity contribution in [1.82, 2.24) is 9.88 Å². The van der Waals surface area contributed by atoms with Gasteiger partial charge in [0.1, 0.15) is 0 Å². The Balaban J connectivity index is 1.93. The number of benzene rings is 1. The Bertz CT molecular complexity index is 752. The highest BCUT2D eigenvalue weighted by Crippen LogP contribution is 2.29. The van der Waals surface area contributed by atoms with E-state index in [4.69, 9.17) is 10.5 Å². The van der Waals surface area contributed by atoms with E-state index in [0.717, 1.165) is 48.0 Å². The molecule has 1 aromatic carbocycles. The van der Waals surface area contributed by atoms with Gasteiger partial charge in [-0.2, -0.15) is 0 Å². The number of piperidine rings is 1. The quantitative estimate of drug-likeness (QED) is 0.875. The molecule has 5 nitrogen and oxygen atoms in total. The third-order valence-electron chi connectivity index (χ3n) is 4.87. The van der Waals surface area contributed by atoms with Crippen molar-refractivity contribution in [3.05, 3.63) is 41.5 Å². The molecule has 3 N–H and O–H groups in total. The average Bonchev–Trinajstić information content (AvgIpc) is 2.63. The van der Waals surface area contributed by atoms with E-state index in [1.165, 1.54) is 0 Å². The van der Waals surface area contributed by atoms with E-state index >= 15 is 0 Å². The lowest BCUT2D eigenvalue weighted by Crippen LogP contribution is -2.41. The summed E-state index contributed by atoms with van der Waals surface area (Å²) in [6.07, 6.45) is 5.45. The molecule has 0 amide bonds. The average molecular weight is 341 g/mol. The summed E-state index contributed by atoms with van der Waals surface area (Å²) < 4.78 is 5.28. The largest absolute Gasteiger partial charge is 0.481 e. The summed E-state index contributed by atoms with van der Waals surface area (Å²) in [6.45, 7) is 4.46. The normalized spacial score (nSPS) is 18.1. The molecule has 25 heavy (non-hydrogen) atoms. The fourth-order valence-electron chi connectivity index (χ4n) is 3.43. The van der Waals surface area contributed by atoms with E-state index in [0.29, 0.717) is 18.5 Å². The number of nitrogens with zero attached hydrogens (tertiary/aromatic N) is 2. The van der Waals surface area contributed by atoms with Gasteiger partial charge < -0.3 is 20.5 Å². The van der Waals surface area contributed by atoms with Crippen LogP contribution in [0.25, 0.3) is 17.0 Å². The molecule has 0 radical (unpaired) electrons. The molecule has 1 atom stereocenters. The Hall–Kier alpha value is -1.95. The molecule has 1 fully saturated rings. The Morgan fingerprint density at radius 3 is 2.76 bits per heavy atom. The maximum atomic E-state index is 10.8. The van der Waals surface area contributed by atoms with Crippen LogP contribution in [0.5, 0.6) is 5.88 Å². The highest BCUT2D eigenvalue weighted by molar-refractivity contribution is 5.90. The molecule has 1 aliphatic rings. The Kier molecular flexibility index (Phi) is 5.68. The number of likely N-dealkylation sites (tertiary alicyclic amines) is 1. The van der Waals surface area contributed by atoms with E-state index in [1.807, 2.05) is 37.3 Å². The van der Waals surface area contributed by atoms with E-state index in [-0.39, 0.29) is 0 Å². The van der Waals surface area contributed by atoms with Crippen LogP contribution in [0.1, 0.15) is 37.0 Å². The minimum atomic E-state index is -0.587. The van der Waals surface area contributed by atoms with Crippen molar-refractivity contribution >= 4 is 17.0 Å². The van der Waals surface area contributed by atoms with Crippen LogP contribution in [0.2, 0.25) is 0 Å². The second-order valence-corrected chi connectivity index (χ2v) is 6.65. The zero-order valence-corrected chi connectivity index (χ0v) is 15.0. The van der Waals surface area contributed by atoms with Gasteiger partial charge in [-0.1, -0.05) is 24.3 Å². The maximum Gasteiger partial charge on any atom is 0.213 e. The molecule has 5 heteroatoms. The van der Waals surface area contributed by atoms with Crippen LogP contribution < -0.4 is 10.5 Å². The van der Waals surface area contributed by atoms with Crippen LogP contribution in [-0.4, -0.2) is 47.8 Å². The van der Waals surface area contributed by atoms with Gasteiger partial charge in [-0.3, -0.25) is 0 Å². The van der Waals surface area contributed by atoms with Crippen molar-refractivity contribution < 1.29 is 9.84 Å². The Labute approximate surface area is 149 Å². The summed E-state index contributed by atoms with van der Waals surface area (Å²) in [4.78, 5) is 6.89. The molecule has 2 heterocycles. The second kappa shape index (κ2) is 7.95. The van der Waals surface area contributed by atoms with Gasteiger partial charge in [0.05, 0.1) is 18.7 Å². The number of ether oxygens (including phenoxy) is 1. The summed E-state index contributed by atoms with van der Waals surface area (Å²) >= 11 is 0. The van der Waals surface area contributed by atoms with Crippen molar-refractivity contribution in [3.8, 4) is 5.88 Å². The minimum Gasteiger partial charge on any atom is -0.481 e. The van der Waals surface area contributed by atoms with Crippen LogP contribution in [0, 0.1) is 0 Å². The molecular formula is C20H27N3O2. The standard InChI is InChI=1S/C20H27N3O2/c1-3-4-14-5-6-17(20-16(14)7-8-19(22-20)25-2)18(24)13-23-11-9-15(21)10-12-23/h3-8,15,18,24H,9-13,21H2,1-2H3/b4-3+. The number of β-amino-alcohol motifs (C(OH)–C–C–N with tert-alkyl or cyclic N) is 1. The maximum absolute atomic E-state index is 10.8. The molecule has 3 rings (SSSR count). The number of allylic oxidation sites excluding steroid dienone is 1. The summed E-state index contributed by atoms with van der Waals surface area (Å²) in [7, 11) is 1.61. The monoisotopic (exact) mass is 341 g/mol. The van der Waals surface area contributed by atoms with Crippen LogP contribution >= 0.6 is 0 Å². The zero-order chi connectivity index (χ0) is 17.8. The molecule has 2 aromatic rings. The van der Waals surface area contributed by atoms with Crippen molar-refractivity contribution in [2.24, 2.45) is 5.73 Å². The van der Waals surface area contributed by atoms with Gasteiger partial charge in [-0.25, -0.2) is 4.98 Å². The molecule has 1 saturated heterocycles. The van der Waals surface area contributed by atoms with E-state index in [9.17, 15) is 5.11 Å². The highest BCUT2D eigenvalue weighted by Gasteiger charge is 2.21. The van der Waals surface area contributed by atoms with Crippen molar-refractivity contribution in [1.29, 1.82) is 0 Å². The summed E-state index contributed by atoms with van der Waals surface area (Å²) in [6, 6.07) is 8.18. The fourth-order valence-corrected chi connectivity index (χ4v) is 3.43. The third-order valence-corrected chi connectivity index (χ3v) is 4.87. The number of aliphatic hydroxyl groups excluding tert-OH is 1. The number of aromatic nitrogens is 1. The summed E-state index contributed by atoms with van der Waals surface area (Å²) in [5.74, 6) is 0.558. The number of nitrogens with two attached hydrogens (primary N) is 1. The molecule has 0 spiro atoms. The molecule has 134 valence electrons. The molecule has 1 aliphatic heterocycles. The number of hydrogen-bond donors (Lipinski definition) is 2. The van der Waals surface area contributed by atoms with Gasteiger partial charge in [-0.05, 0) is 44.5 Å². The van der Waals surface area contributed by atoms with Crippen molar-refractivity contribution in [2.75, 3.05) is 26.7 Å². The van der Waals surface area contributed by atoms with Crippen LogP contribution in [0.15, 0.2) is 30.3 Å². The number of methoxy groups -OCH3 is 1. The predicted octanol–water partition coefficient (Wildman–Crippen LogP) is 2.73. The zero-order valence-electron chi connectivity index (χ0n) is 15.0. The van der Waals surface area contributed by atoms with E-state index < -0.39 is 6.10 Å². The van der Waals surface area contributed by atoms with Crippen LogP contribution in [0.4, 0.5) is 0 Å². The number of rotatable bonds is 5. The summed E-state index contributed by atoms with van der Waals surface area (Å²) in [5.41, 5.74) is 8.71. The topological polar surface area (TPSA) is 71.6 Å². The minimum absolute atomic E-state index is 0.292. The smallest absolute Gasteiger partial charge is 0.213 e. The van der Waals surface area contributed by atoms with Crippen LogP contribution in [0.3, 0.4) is 0 Å². The molecule has 1 aromatic heterocycles. The SMILES string of the molecule is C/C=C/c1ccc(C(O)CN2CCC(N)CC2)c2nc(OC)ccc12. The molecule has 0 bridgehead atoms. The first kappa shape index (κ1) is 17.9. The lowest BCUT2D eigenvalue weighted by molar-refractivity contribution is 0.0985. The second-order valence-electron chi connectivity index (χ2n) is 6.65. The van der Waals surface area contributed by atoms with Gasteiger partial charge in [0.15, 0.2) is 0 Å². The summed E-state index contributed by atoms with van der Waals surface area (Å²) in [5, 5.41) is 11.9. The van der Waals surface area contributed by atoms with Gasteiger partial charge >= 0.3 is 0 Å². The lowest BCUT2D eigenvalue weighted by Gasteiger charge is -2.31. The molecule has 0 aliphatic carbocycles. The fraction of sp³-hybridized carbons (Fsp3) is 0.450. The van der Waals surface area contributed by atoms with Gasteiger partial charge in [0, 0.05) is 29.6 Å². The number of fused-ring (bicyclic) bond motifs is 1. The number of hydrogen-bond acceptors (Lipinski definition) is 5. The van der Waals surface area contributed by atoms with Crippen molar-refractivity contribution in [2.45, 2.75) is 31.9 Å². The molecular weight excluding hydrogens is 314 g/mol. The number of pyridine rings is 1. The van der Waals surface area contributed by atoms with E-state index in [2.05, 4.69) is 16.0 Å². The van der Waals surface area contributed by atoms with E-state index in [1.54, 1.807) is 7.11 Å². The van der Waals surface area contributed by atoms with Crippen molar-refractivity contribution in [3.63, 3.8) is 0 Å². The highest BCUT2D eigenvalue weighted by atomic mass is 16.5. The van der Waals surface area contributed by atoms with Gasteiger partial charge in [0.25, 0.3) is 0 Å². The predicted molar refractivity (Wildman–Crippen MR) is 102 cm³/mol. The lowest BCUT2D eigenvalue weighted by atomic mass is 9.98. The van der Waals surface area contributed by atoms with Crippen LogP contribution in [-0.2, 0) is 0 Å². The van der Waals surface area contributed by atoms with Gasteiger partial charge in [-0.15, -0.1) is 0 Å². The molecule has 1 unspecified atom stereocenters. The first-order valence-electron chi connectivity index (χ1n) is 8.88. The first-order chi connectivity index (χ1) is 12.1. The third kappa shape index (κ3) is 4.00. The van der Waals surface area contributed by atoms with Gasteiger partial charge in [0.2, 0.25) is 5.88 Å². The number of aliphatic hydroxyl groups is 1. The Morgan fingerprint density at radius 1 is 1.32 bits per heavy atom. The first-order valence-corrected chi connectivity index (χ1v) is 8.88.